The molecule has 1 saturated heterocycles. The Morgan fingerprint density at radius 3 is 2.70 bits per heavy atom. The van der Waals surface area contributed by atoms with Crippen LogP contribution in [0.4, 0.5) is 0 Å². The van der Waals surface area contributed by atoms with Crippen LogP contribution in [0.15, 0.2) is 0 Å². The number of likely N-dealkylation sites (tertiary alicyclic amines) is 1. The van der Waals surface area contributed by atoms with E-state index in [1.165, 1.54) is 7.11 Å². The molecule has 2 unspecified atom stereocenters. The van der Waals surface area contributed by atoms with Gasteiger partial charge in [0.1, 0.15) is 0 Å². The number of ether oxygens (including phenoxy) is 1. The molecule has 116 valence electrons. The third kappa shape index (κ3) is 3.93. The zero-order valence-corrected chi connectivity index (χ0v) is 12.4. The van der Waals surface area contributed by atoms with Crippen LogP contribution in [0, 0.1) is 5.41 Å². The van der Waals surface area contributed by atoms with Crippen LogP contribution >= 0.6 is 0 Å². The molecule has 1 rings (SSSR count). The number of carbonyl (C=O) groups is 2. The number of carboxylic acid groups (broad SMARTS) is 1. The molecule has 1 aliphatic heterocycles. The van der Waals surface area contributed by atoms with Crippen molar-refractivity contribution in [3.8, 4) is 0 Å². The van der Waals surface area contributed by atoms with Gasteiger partial charge in [-0.2, -0.15) is 0 Å². The summed E-state index contributed by atoms with van der Waals surface area (Å²) in [4.78, 5) is 25.5. The number of aliphatic carboxylic acids is 1. The minimum Gasteiger partial charge on any atom is -0.481 e. The van der Waals surface area contributed by atoms with Crippen molar-refractivity contribution in [1.82, 2.24) is 4.90 Å². The summed E-state index contributed by atoms with van der Waals surface area (Å²) in [6, 6.07) is 0. The minimum atomic E-state index is -0.793. The first-order valence-electron chi connectivity index (χ1n) is 7.23. The molecular weight excluding hydrogens is 260 g/mol. The van der Waals surface area contributed by atoms with Crippen LogP contribution in [0.25, 0.3) is 0 Å². The van der Waals surface area contributed by atoms with Gasteiger partial charge in [0.25, 0.3) is 0 Å². The van der Waals surface area contributed by atoms with Gasteiger partial charge in [-0.1, -0.05) is 13.3 Å². The summed E-state index contributed by atoms with van der Waals surface area (Å²) in [5, 5.41) is 9.51. The van der Waals surface area contributed by atoms with Gasteiger partial charge in [-0.15, -0.1) is 0 Å². The Hall–Kier alpha value is -1.14. The fraction of sp³-hybridized carbons (Fsp3) is 0.857. The molecule has 0 bridgehead atoms. The minimum absolute atomic E-state index is 0.0660. The average molecular weight is 286 g/mol. The zero-order chi connectivity index (χ0) is 15.2. The van der Waals surface area contributed by atoms with E-state index in [9.17, 15) is 14.7 Å². The van der Waals surface area contributed by atoms with E-state index in [4.69, 9.17) is 10.5 Å². The van der Waals surface area contributed by atoms with Crippen LogP contribution in [-0.4, -0.2) is 54.7 Å². The number of carboxylic acids is 1. The van der Waals surface area contributed by atoms with Crippen LogP contribution in [0.3, 0.4) is 0 Å². The summed E-state index contributed by atoms with van der Waals surface area (Å²) in [6.07, 6.45) is 2.71. The van der Waals surface area contributed by atoms with Crippen LogP contribution < -0.4 is 5.73 Å². The highest BCUT2D eigenvalue weighted by Crippen LogP contribution is 2.35. The molecule has 1 aliphatic rings. The molecule has 3 N–H and O–H groups in total. The number of rotatable bonds is 7. The van der Waals surface area contributed by atoms with Crippen molar-refractivity contribution in [3.05, 3.63) is 0 Å². The van der Waals surface area contributed by atoms with Crippen LogP contribution in [0.5, 0.6) is 0 Å². The van der Waals surface area contributed by atoms with E-state index in [0.717, 1.165) is 12.8 Å². The Morgan fingerprint density at radius 1 is 1.50 bits per heavy atom. The fourth-order valence-electron chi connectivity index (χ4n) is 2.90. The maximum absolute atomic E-state index is 12.2. The Kier molecular flexibility index (Phi) is 6.42. The molecule has 0 aromatic carbocycles. The number of hydrogen-bond acceptors (Lipinski definition) is 4. The summed E-state index contributed by atoms with van der Waals surface area (Å²) in [5.41, 5.74) is 4.74. The summed E-state index contributed by atoms with van der Waals surface area (Å²) < 4.78 is 5.12. The van der Waals surface area contributed by atoms with Gasteiger partial charge in [0.2, 0.25) is 5.91 Å². The van der Waals surface area contributed by atoms with Crippen molar-refractivity contribution in [2.75, 3.05) is 26.7 Å². The molecule has 20 heavy (non-hydrogen) atoms. The maximum Gasteiger partial charge on any atom is 0.311 e. The number of amides is 1. The van der Waals surface area contributed by atoms with E-state index >= 15 is 0 Å². The van der Waals surface area contributed by atoms with E-state index in [2.05, 4.69) is 0 Å². The number of nitrogens with zero attached hydrogens (tertiary/aromatic N) is 1. The smallest absolute Gasteiger partial charge is 0.311 e. The Morgan fingerprint density at radius 2 is 2.20 bits per heavy atom. The van der Waals surface area contributed by atoms with Gasteiger partial charge in [0, 0.05) is 26.7 Å². The van der Waals surface area contributed by atoms with Gasteiger partial charge in [-0.25, -0.2) is 0 Å². The normalized spacial score (nSPS) is 24.4. The van der Waals surface area contributed by atoms with Crippen molar-refractivity contribution in [1.29, 1.82) is 0 Å². The van der Waals surface area contributed by atoms with E-state index in [1.54, 1.807) is 4.90 Å². The number of carbonyl (C=O) groups excluding carboxylic acids is 1. The number of methoxy groups -OCH3 is 1. The SMILES string of the molecule is CCCC1(C(=O)O)CCCN(C(=O)CC(CN)OC)C1. The molecule has 0 aliphatic carbocycles. The van der Waals surface area contributed by atoms with E-state index in [0.29, 0.717) is 25.9 Å². The molecule has 0 spiro atoms. The lowest BCUT2D eigenvalue weighted by molar-refractivity contribution is -0.156. The van der Waals surface area contributed by atoms with Gasteiger partial charge < -0.3 is 20.5 Å². The van der Waals surface area contributed by atoms with Gasteiger partial charge in [-0.05, 0) is 19.3 Å². The van der Waals surface area contributed by atoms with Crippen molar-refractivity contribution in [2.24, 2.45) is 11.1 Å². The molecule has 0 aromatic rings. The van der Waals surface area contributed by atoms with Gasteiger partial charge in [0.05, 0.1) is 17.9 Å². The number of piperidine rings is 1. The second-order valence-corrected chi connectivity index (χ2v) is 5.55. The predicted octanol–water partition coefficient (Wildman–Crippen LogP) is 0.844. The number of hydrogen-bond donors (Lipinski definition) is 2. The first-order valence-corrected chi connectivity index (χ1v) is 7.23. The predicted molar refractivity (Wildman–Crippen MR) is 75.3 cm³/mol. The van der Waals surface area contributed by atoms with Crippen molar-refractivity contribution in [2.45, 2.75) is 45.1 Å². The second kappa shape index (κ2) is 7.59. The molecule has 0 saturated carbocycles. The first kappa shape index (κ1) is 16.9. The number of nitrogens with two attached hydrogens (primary N) is 1. The topological polar surface area (TPSA) is 92.9 Å². The monoisotopic (exact) mass is 286 g/mol. The lowest BCUT2D eigenvalue weighted by Gasteiger charge is -2.40. The van der Waals surface area contributed by atoms with Crippen LogP contribution in [-0.2, 0) is 14.3 Å². The van der Waals surface area contributed by atoms with E-state index in [1.807, 2.05) is 6.92 Å². The van der Waals surface area contributed by atoms with E-state index in [-0.39, 0.29) is 25.0 Å². The Balaban J connectivity index is 2.72. The molecule has 1 heterocycles. The van der Waals surface area contributed by atoms with Gasteiger partial charge in [0.15, 0.2) is 0 Å². The first-order chi connectivity index (χ1) is 9.49. The third-order valence-electron chi connectivity index (χ3n) is 4.11. The summed E-state index contributed by atoms with van der Waals surface area (Å²) in [6.45, 7) is 3.19. The molecule has 1 fully saturated rings. The summed E-state index contributed by atoms with van der Waals surface area (Å²) in [7, 11) is 1.53. The third-order valence-corrected chi connectivity index (χ3v) is 4.11. The average Bonchev–Trinajstić information content (AvgIpc) is 2.44. The molecule has 2 atom stereocenters. The fourth-order valence-corrected chi connectivity index (χ4v) is 2.90. The zero-order valence-electron chi connectivity index (χ0n) is 12.4. The second-order valence-electron chi connectivity index (χ2n) is 5.55. The summed E-state index contributed by atoms with van der Waals surface area (Å²) >= 11 is 0. The van der Waals surface area contributed by atoms with E-state index < -0.39 is 11.4 Å². The van der Waals surface area contributed by atoms with Crippen LogP contribution in [0.1, 0.15) is 39.0 Å². The maximum atomic E-state index is 12.2. The molecule has 6 nitrogen and oxygen atoms in total. The Labute approximate surface area is 120 Å². The Bertz CT molecular complexity index is 340. The summed E-state index contributed by atoms with van der Waals surface area (Å²) in [5.74, 6) is -0.859. The highest BCUT2D eigenvalue weighted by molar-refractivity contribution is 5.80. The highest BCUT2D eigenvalue weighted by Gasteiger charge is 2.42. The molecule has 6 heteroatoms. The largest absolute Gasteiger partial charge is 0.481 e. The lowest BCUT2D eigenvalue weighted by atomic mass is 9.76. The molecule has 0 aromatic heterocycles. The molecule has 1 amide bonds. The quantitative estimate of drug-likeness (QED) is 0.723. The highest BCUT2D eigenvalue weighted by atomic mass is 16.5. The van der Waals surface area contributed by atoms with Crippen molar-refractivity contribution < 1.29 is 19.4 Å². The molecule has 0 radical (unpaired) electrons. The molecular formula is C14H26N2O4. The van der Waals surface area contributed by atoms with Gasteiger partial charge >= 0.3 is 5.97 Å². The van der Waals surface area contributed by atoms with Crippen molar-refractivity contribution in [3.63, 3.8) is 0 Å². The van der Waals surface area contributed by atoms with Crippen molar-refractivity contribution >= 4 is 11.9 Å². The standard InChI is InChI=1S/C14H26N2O4/c1-3-5-14(13(18)19)6-4-7-16(10-14)12(17)8-11(9-15)20-2/h11H,3-10,15H2,1-2H3,(H,18,19). The van der Waals surface area contributed by atoms with Crippen LogP contribution in [0.2, 0.25) is 0 Å². The lowest BCUT2D eigenvalue weighted by Crippen LogP contribution is -2.50. The van der Waals surface area contributed by atoms with Gasteiger partial charge in [-0.3, -0.25) is 9.59 Å².